The maximum atomic E-state index is 12.8. The predicted molar refractivity (Wildman–Crippen MR) is 102 cm³/mol. The van der Waals surface area contributed by atoms with Gasteiger partial charge in [-0.1, -0.05) is 12.1 Å². The van der Waals surface area contributed by atoms with Gasteiger partial charge in [-0.2, -0.15) is 5.10 Å². The molecule has 1 aromatic carbocycles. The van der Waals surface area contributed by atoms with Crippen LogP contribution in [-0.2, 0) is 0 Å². The van der Waals surface area contributed by atoms with Gasteiger partial charge in [-0.15, -0.1) is 0 Å². The number of hydrogen-bond donors (Lipinski definition) is 1. The van der Waals surface area contributed by atoms with E-state index in [1.807, 2.05) is 35.6 Å². The van der Waals surface area contributed by atoms with Crippen molar-refractivity contribution in [2.45, 2.75) is 26.3 Å². The van der Waals surface area contributed by atoms with E-state index in [1.54, 1.807) is 18.3 Å². The van der Waals surface area contributed by atoms with Crippen LogP contribution >= 0.6 is 0 Å². The van der Waals surface area contributed by atoms with Gasteiger partial charge in [0.2, 0.25) is 0 Å². The number of carbonyl (C=O) groups is 1. The second-order valence-corrected chi connectivity index (χ2v) is 6.95. The average Bonchev–Trinajstić information content (AvgIpc) is 3.27. The Morgan fingerprint density at radius 2 is 1.96 bits per heavy atom. The summed E-state index contributed by atoms with van der Waals surface area (Å²) in [4.78, 5) is 32.8. The first kappa shape index (κ1) is 17.2. The molecule has 3 heterocycles. The van der Waals surface area contributed by atoms with Crippen molar-refractivity contribution in [2.75, 3.05) is 13.1 Å². The van der Waals surface area contributed by atoms with Gasteiger partial charge in [-0.05, 0) is 44.0 Å². The summed E-state index contributed by atoms with van der Waals surface area (Å²) in [6, 6.07) is 9.52. The zero-order chi connectivity index (χ0) is 19.0. The van der Waals surface area contributed by atoms with Crippen LogP contribution in [0.4, 0.5) is 0 Å². The third kappa shape index (κ3) is 3.40. The highest BCUT2D eigenvalue weighted by Gasteiger charge is 2.29. The molecule has 1 amide bonds. The van der Waals surface area contributed by atoms with E-state index in [4.69, 9.17) is 0 Å². The molecule has 1 atom stereocenters. The summed E-state index contributed by atoms with van der Waals surface area (Å²) < 4.78 is 2.03. The molecule has 2 aromatic heterocycles. The first-order valence-corrected chi connectivity index (χ1v) is 8.98. The smallest absolute Gasteiger partial charge is 0.266 e. The SMILES string of the molecule is Cc1cc(C)n(C2CCN(C(=O)c3ccc(-c4cncc(=O)[nH]4)cc3)C2)n1. The molecule has 7 heteroatoms. The van der Waals surface area contributed by atoms with Crippen molar-refractivity contribution < 1.29 is 4.79 Å². The lowest BCUT2D eigenvalue weighted by molar-refractivity contribution is 0.0787. The largest absolute Gasteiger partial charge is 0.336 e. The topological polar surface area (TPSA) is 83.9 Å². The van der Waals surface area contributed by atoms with E-state index in [-0.39, 0.29) is 17.5 Å². The Morgan fingerprint density at radius 3 is 2.63 bits per heavy atom. The number of aryl methyl sites for hydroxylation is 2. The number of H-pyrrole nitrogens is 1. The van der Waals surface area contributed by atoms with E-state index in [0.717, 1.165) is 29.9 Å². The average molecular weight is 363 g/mol. The standard InChI is InChI=1S/C20H21N5O2/c1-13-9-14(2)25(23-13)17-7-8-24(12-17)20(27)16-5-3-15(4-6-16)18-10-21-11-19(26)22-18/h3-6,9-11,17H,7-8,12H2,1-2H3,(H,22,26). The zero-order valence-corrected chi connectivity index (χ0v) is 15.3. The number of nitrogens with zero attached hydrogens (tertiary/aromatic N) is 4. The number of aromatic nitrogens is 4. The lowest BCUT2D eigenvalue weighted by Crippen LogP contribution is -2.29. The van der Waals surface area contributed by atoms with Crippen LogP contribution in [0.25, 0.3) is 11.3 Å². The molecule has 1 N–H and O–H groups in total. The number of rotatable bonds is 3. The fraction of sp³-hybridized carbons (Fsp3) is 0.300. The van der Waals surface area contributed by atoms with Gasteiger partial charge in [0.25, 0.3) is 11.5 Å². The van der Waals surface area contributed by atoms with Crippen LogP contribution in [0.1, 0.15) is 34.2 Å². The summed E-state index contributed by atoms with van der Waals surface area (Å²) >= 11 is 0. The van der Waals surface area contributed by atoms with Crippen molar-refractivity contribution in [1.82, 2.24) is 24.6 Å². The molecule has 1 aliphatic rings. The Labute approximate surface area is 156 Å². The summed E-state index contributed by atoms with van der Waals surface area (Å²) in [5.74, 6) is 0.0188. The fourth-order valence-electron chi connectivity index (χ4n) is 3.64. The Bertz CT molecular complexity index is 1040. The number of aromatic amines is 1. The Balaban J connectivity index is 1.48. The third-order valence-electron chi connectivity index (χ3n) is 4.94. The van der Waals surface area contributed by atoms with Crippen molar-refractivity contribution in [1.29, 1.82) is 0 Å². The molecule has 4 rings (SSSR count). The second kappa shape index (κ2) is 6.83. The van der Waals surface area contributed by atoms with Gasteiger partial charge < -0.3 is 9.88 Å². The minimum Gasteiger partial charge on any atom is -0.336 e. The summed E-state index contributed by atoms with van der Waals surface area (Å²) in [6.45, 7) is 5.42. The molecule has 0 aliphatic carbocycles. The van der Waals surface area contributed by atoms with Gasteiger partial charge in [-0.3, -0.25) is 19.3 Å². The number of likely N-dealkylation sites (tertiary alicyclic amines) is 1. The molecule has 138 valence electrons. The van der Waals surface area contributed by atoms with Gasteiger partial charge in [0, 0.05) is 24.3 Å². The molecule has 0 saturated carbocycles. The first-order chi connectivity index (χ1) is 13.0. The number of carbonyl (C=O) groups excluding carboxylic acids is 1. The van der Waals surface area contributed by atoms with Crippen LogP contribution in [0.2, 0.25) is 0 Å². The number of hydrogen-bond acceptors (Lipinski definition) is 4. The molecular weight excluding hydrogens is 342 g/mol. The molecule has 1 fully saturated rings. The first-order valence-electron chi connectivity index (χ1n) is 8.98. The summed E-state index contributed by atoms with van der Waals surface area (Å²) in [6.07, 6.45) is 3.73. The van der Waals surface area contributed by atoms with Crippen molar-refractivity contribution in [3.05, 3.63) is 70.0 Å². The van der Waals surface area contributed by atoms with Crippen molar-refractivity contribution in [2.24, 2.45) is 0 Å². The molecule has 0 bridgehead atoms. The third-order valence-corrected chi connectivity index (χ3v) is 4.94. The Hall–Kier alpha value is -3.22. The van der Waals surface area contributed by atoms with E-state index < -0.39 is 0 Å². The molecule has 1 unspecified atom stereocenters. The highest BCUT2D eigenvalue weighted by atomic mass is 16.2. The highest BCUT2D eigenvalue weighted by Crippen LogP contribution is 2.25. The van der Waals surface area contributed by atoms with Crippen LogP contribution in [0.15, 0.2) is 47.5 Å². The summed E-state index contributed by atoms with van der Waals surface area (Å²) in [5, 5.41) is 4.55. The van der Waals surface area contributed by atoms with Gasteiger partial charge in [0.15, 0.2) is 0 Å². The van der Waals surface area contributed by atoms with E-state index in [2.05, 4.69) is 21.1 Å². The molecule has 0 spiro atoms. The number of benzene rings is 1. The molecule has 0 radical (unpaired) electrons. The highest BCUT2D eigenvalue weighted by molar-refractivity contribution is 5.94. The van der Waals surface area contributed by atoms with Crippen LogP contribution in [0.3, 0.4) is 0 Å². The normalized spacial score (nSPS) is 16.7. The summed E-state index contributed by atoms with van der Waals surface area (Å²) in [5.41, 5.74) is 3.97. The van der Waals surface area contributed by atoms with E-state index >= 15 is 0 Å². The zero-order valence-electron chi connectivity index (χ0n) is 15.3. The van der Waals surface area contributed by atoms with Crippen molar-refractivity contribution in [3.8, 4) is 11.3 Å². The molecule has 3 aromatic rings. The minimum absolute atomic E-state index is 0.0188. The molecule has 7 nitrogen and oxygen atoms in total. The van der Waals surface area contributed by atoms with Crippen LogP contribution < -0.4 is 5.56 Å². The molecular formula is C20H21N5O2. The Morgan fingerprint density at radius 1 is 1.19 bits per heavy atom. The van der Waals surface area contributed by atoms with E-state index in [1.165, 1.54) is 6.20 Å². The quantitative estimate of drug-likeness (QED) is 0.774. The molecule has 1 saturated heterocycles. The minimum atomic E-state index is -0.250. The predicted octanol–water partition coefficient (Wildman–Crippen LogP) is 2.34. The van der Waals surface area contributed by atoms with Crippen LogP contribution in [0, 0.1) is 13.8 Å². The van der Waals surface area contributed by atoms with Crippen LogP contribution in [0.5, 0.6) is 0 Å². The van der Waals surface area contributed by atoms with Crippen molar-refractivity contribution >= 4 is 5.91 Å². The lowest BCUT2D eigenvalue weighted by atomic mass is 10.1. The molecule has 27 heavy (non-hydrogen) atoms. The van der Waals surface area contributed by atoms with E-state index in [0.29, 0.717) is 17.8 Å². The maximum absolute atomic E-state index is 12.8. The maximum Gasteiger partial charge on any atom is 0.266 e. The van der Waals surface area contributed by atoms with Crippen molar-refractivity contribution in [3.63, 3.8) is 0 Å². The van der Waals surface area contributed by atoms with Gasteiger partial charge in [-0.25, -0.2) is 0 Å². The monoisotopic (exact) mass is 363 g/mol. The Kier molecular flexibility index (Phi) is 4.35. The fourth-order valence-corrected chi connectivity index (χ4v) is 3.64. The van der Waals surface area contributed by atoms with Gasteiger partial charge >= 0.3 is 0 Å². The van der Waals surface area contributed by atoms with Gasteiger partial charge in [0.1, 0.15) is 0 Å². The lowest BCUT2D eigenvalue weighted by Gasteiger charge is -2.17. The molecule has 1 aliphatic heterocycles. The second-order valence-electron chi connectivity index (χ2n) is 6.95. The van der Waals surface area contributed by atoms with E-state index in [9.17, 15) is 9.59 Å². The summed E-state index contributed by atoms with van der Waals surface area (Å²) in [7, 11) is 0. The van der Waals surface area contributed by atoms with Crippen LogP contribution in [-0.4, -0.2) is 43.6 Å². The van der Waals surface area contributed by atoms with Gasteiger partial charge in [0.05, 0.1) is 29.8 Å². The number of nitrogens with one attached hydrogen (secondary N) is 1. The number of amides is 1.